The van der Waals surface area contributed by atoms with E-state index in [1.54, 1.807) is 0 Å². The summed E-state index contributed by atoms with van der Waals surface area (Å²) in [4.78, 5) is 8.83. The van der Waals surface area contributed by atoms with Crippen molar-refractivity contribution in [3.8, 4) is 0 Å². The molecule has 1 fully saturated rings. The molecule has 2 heterocycles. The molecule has 1 saturated carbocycles. The van der Waals surface area contributed by atoms with Crippen LogP contribution in [0, 0.1) is 6.92 Å². The third kappa shape index (κ3) is 1.82. The zero-order valence-corrected chi connectivity index (χ0v) is 10.1. The van der Waals surface area contributed by atoms with Crippen molar-refractivity contribution >= 4 is 11.2 Å². The van der Waals surface area contributed by atoms with Crippen LogP contribution in [0.4, 0.5) is 0 Å². The Morgan fingerprint density at radius 3 is 2.71 bits per heavy atom. The molecule has 17 heavy (non-hydrogen) atoms. The Labute approximate surface area is 100 Å². The van der Waals surface area contributed by atoms with Crippen LogP contribution in [-0.2, 0) is 5.54 Å². The van der Waals surface area contributed by atoms with Crippen molar-refractivity contribution in [2.75, 3.05) is 0 Å². The van der Waals surface area contributed by atoms with Crippen LogP contribution in [0.25, 0.3) is 11.2 Å². The second kappa shape index (κ2) is 3.81. The van der Waals surface area contributed by atoms with Crippen LogP contribution in [0.15, 0.2) is 16.5 Å². The molecule has 0 aromatic carbocycles. The standard InChI is InChI=1S/C13H17N3O/c1-9-5-6-10-11(15-9)16-12(17-10)13(14)7-3-2-4-8-13/h5-6H,2-4,7-8,14H2,1H3. The van der Waals surface area contributed by atoms with Gasteiger partial charge in [-0.2, -0.15) is 4.98 Å². The molecule has 0 unspecified atom stereocenters. The summed E-state index contributed by atoms with van der Waals surface area (Å²) in [7, 11) is 0. The van der Waals surface area contributed by atoms with Gasteiger partial charge in [0, 0.05) is 5.69 Å². The summed E-state index contributed by atoms with van der Waals surface area (Å²) in [6.45, 7) is 1.95. The molecule has 4 nitrogen and oxygen atoms in total. The van der Waals surface area contributed by atoms with Crippen LogP contribution < -0.4 is 5.73 Å². The summed E-state index contributed by atoms with van der Waals surface area (Å²) in [6.07, 6.45) is 5.48. The lowest BCUT2D eigenvalue weighted by Gasteiger charge is -2.29. The van der Waals surface area contributed by atoms with Crippen molar-refractivity contribution in [3.63, 3.8) is 0 Å². The van der Waals surface area contributed by atoms with E-state index in [4.69, 9.17) is 10.2 Å². The van der Waals surface area contributed by atoms with E-state index in [1.165, 1.54) is 6.42 Å². The van der Waals surface area contributed by atoms with E-state index < -0.39 is 0 Å². The van der Waals surface area contributed by atoms with Crippen molar-refractivity contribution in [1.29, 1.82) is 0 Å². The van der Waals surface area contributed by atoms with Gasteiger partial charge in [-0.3, -0.25) is 0 Å². The smallest absolute Gasteiger partial charge is 0.217 e. The number of fused-ring (bicyclic) bond motifs is 1. The summed E-state index contributed by atoms with van der Waals surface area (Å²) in [5.74, 6) is 0.658. The molecule has 1 aliphatic rings. The van der Waals surface area contributed by atoms with E-state index in [2.05, 4.69) is 9.97 Å². The second-order valence-electron chi connectivity index (χ2n) is 5.01. The molecule has 2 N–H and O–H groups in total. The maximum atomic E-state index is 6.40. The lowest BCUT2D eigenvalue weighted by Crippen LogP contribution is -2.38. The summed E-state index contributed by atoms with van der Waals surface area (Å²) < 4.78 is 5.77. The zero-order valence-electron chi connectivity index (χ0n) is 10.1. The van der Waals surface area contributed by atoms with Gasteiger partial charge in [0.15, 0.2) is 11.2 Å². The van der Waals surface area contributed by atoms with E-state index in [-0.39, 0.29) is 5.54 Å². The number of aryl methyl sites for hydroxylation is 1. The maximum absolute atomic E-state index is 6.40. The molecule has 0 bridgehead atoms. The lowest BCUT2D eigenvalue weighted by atomic mass is 9.82. The Bertz CT molecular complexity index is 541. The molecule has 0 aliphatic heterocycles. The largest absolute Gasteiger partial charge is 0.437 e. The van der Waals surface area contributed by atoms with Gasteiger partial charge in [-0.05, 0) is 31.9 Å². The highest BCUT2D eigenvalue weighted by molar-refractivity contribution is 5.67. The van der Waals surface area contributed by atoms with Crippen molar-refractivity contribution < 1.29 is 4.42 Å². The van der Waals surface area contributed by atoms with Crippen LogP contribution in [-0.4, -0.2) is 9.97 Å². The van der Waals surface area contributed by atoms with Crippen LogP contribution >= 0.6 is 0 Å². The SMILES string of the molecule is Cc1ccc2oc(C3(N)CCCCC3)nc2n1. The summed E-state index contributed by atoms with van der Waals surface area (Å²) >= 11 is 0. The molecule has 1 aliphatic carbocycles. The quantitative estimate of drug-likeness (QED) is 0.819. The van der Waals surface area contributed by atoms with Crippen LogP contribution in [0.2, 0.25) is 0 Å². The summed E-state index contributed by atoms with van der Waals surface area (Å²) in [5.41, 5.74) is 8.38. The van der Waals surface area contributed by atoms with Gasteiger partial charge >= 0.3 is 0 Å². The molecule has 4 heteroatoms. The van der Waals surface area contributed by atoms with Crippen molar-refractivity contribution in [2.24, 2.45) is 5.73 Å². The highest BCUT2D eigenvalue weighted by atomic mass is 16.4. The van der Waals surface area contributed by atoms with Gasteiger partial charge in [-0.15, -0.1) is 0 Å². The fraction of sp³-hybridized carbons (Fsp3) is 0.538. The molecule has 0 radical (unpaired) electrons. The molecule has 3 rings (SSSR count). The van der Waals surface area contributed by atoms with Gasteiger partial charge in [0.05, 0.1) is 5.54 Å². The molecule has 0 atom stereocenters. The number of nitrogens with two attached hydrogens (primary N) is 1. The van der Waals surface area contributed by atoms with E-state index in [1.807, 2.05) is 19.1 Å². The maximum Gasteiger partial charge on any atom is 0.217 e. The molecule has 2 aromatic heterocycles. The van der Waals surface area contributed by atoms with Crippen molar-refractivity contribution in [2.45, 2.75) is 44.6 Å². The summed E-state index contributed by atoms with van der Waals surface area (Å²) in [5, 5.41) is 0. The number of oxazole rings is 1. The summed E-state index contributed by atoms with van der Waals surface area (Å²) in [6, 6.07) is 3.85. The number of rotatable bonds is 1. The molecular formula is C13H17N3O. The molecule has 2 aromatic rings. The minimum atomic E-state index is -0.382. The van der Waals surface area contributed by atoms with Gasteiger partial charge in [0.25, 0.3) is 0 Å². The van der Waals surface area contributed by atoms with Crippen LogP contribution in [0.3, 0.4) is 0 Å². The Kier molecular flexibility index (Phi) is 2.40. The average molecular weight is 231 g/mol. The number of hydrogen-bond donors (Lipinski definition) is 1. The fourth-order valence-electron chi connectivity index (χ4n) is 2.52. The van der Waals surface area contributed by atoms with Crippen molar-refractivity contribution in [3.05, 3.63) is 23.7 Å². The Hall–Kier alpha value is -1.42. The first kappa shape index (κ1) is 10.7. The topological polar surface area (TPSA) is 64.9 Å². The Balaban J connectivity index is 2.05. The third-order valence-electron chi connectivity index (χ3n) is 3.56. The van der Waals surface area contributed by atoms with Gasteiger partial charge < -0.3 is 10.2 Å². The van der Waals surface area contributed by atoms with E-state index in [0.29, 0.717) is 11.5 Å². The Morgan fingerprint density at radius 2 is 1.94 bits per heavy atom. The molecule has 90 valence electrons. The molecule has 0 amide bonds. The van der Waals surface area contributed by atoms with Gasteiger partial charge in [-0.25, -0.2) is 4.98 Å². The van der Waals surface area contributed by atoms with Gasteiger partial charge in [0.2, 0.25) is 5.89 Å². The van der Waals surface area contributed by atoms with Gasteiger partial charge in [-0.1, -0.05) is 19.3 Å². The van der Waals surface area contributed by atoms with E-state index >= 15 is 0 Å². The average Bonchev–Trinajstić information content (AvgIpc) is 2.73. The number of nitrogens with zero attached hydrogens (tertiary/aromatic N) is 2. The predicted molar refractivity (Wildman–Crippen MR) is 65.5 cm³/mol. The van der Waals surface area contributed by atoms with Gasteiger partial charge in [0.1, 0.15) is 0 Å². The monoisotopic (exact) mass is 231 g/mol. The van der Waals surface area contributed by atoms with E-state index in [0.717, 1.165) is 37.0 Å². The Morgan fingerprint density at radius 1 is 1.18 bits per heavy atom. The highest BCUT2D eigenvalue weighted by Gasteiger charge is 2.34. The lowest BCUT2D eigenvalue weighted by molar-refractivity contribution is 0.248. The van der Waals surface area contributed by atoms with Crippen molar-refractivity contribution in [1.82, 2.24) is 9.97 Å². The van der Waals surface area contributed by atoms with Crippen LogP contribution in [0.5, 0.6) is 0 Å². The van der Waals surface area contributed by atoms with Crippen LogP contribution in [0.1, 0.15) is 43.7 Å². The van der Waals surface area contributed by atoms with E-state index in [9.17, 15) is 0 Å². The fourth-order valence-corrected chi connectivity index (χ4v) is 2.52. The minimum Gasteiger partial charge on any atom is -0.437 e. The molecular weight excluding hydrogens is 214 g/mol. The highest BCUT2D eigenvalue weighted by Crippen LogP contribution is 2.35. The third-order valence-corrected chi connectivity index (χ3v) is 3.56. The number of pyridine rings is 1. The first-order valence-corrected chi connectivity index (χ1v) is 6.21. The normalized spacial score (nSPS) is 19.6. The predicted octanol–water partition coefficient (Wildman–Crippen LogP) is 2.65. The molecule has 0 saturated heterocycles. The number of aromatic nitrogens is 2. The zero-order chi connectivity index (χ0) is 11.9. The second-order valence-corrected chi connectivity index (χ2v) is 5.01. The minimum absolute atomic E-state index is 0.382. The molecule has 0 spiro atoms. The number of hydrogen-bond acceptors (Lipinski definition) is 4. The first-order chi connectivity index (χ1) is 8.17. The first-order valence-electron chi connectivity index (χ1n) is 6.21.